The fourth-order valence-corrected chi connectivity index (χ4v) is 3.95. The van der Waals surface area contributed by atoms with Gasteiger partial charge in [-0.25, -0.2) is 9.67 Å². The van der Waals surface area contributed by atoms with Gasteiger partial charge >= 0.3 is 0 Å². The lowest BCUT2D eigenvalue weighted by atomic mass is 10.1. The molecule has 0 aliphatic carbocycles. The Morgan fingerprint density at radius 3 is 2.65 bits per heavy atom. The van der Waals surface area contributed by atoms with Gasteiger partial charge in [-0.05, 0) is 60.0 Å². The molecule has 0 aliphatic heterocycles. The number of hydrogen-bond donors (Lipinski definition) is 1. The molecule has 0 radical (unpaired) electrons. The van der Waals surface area contributed by atoms with Crippen LogP contribution in [0.2, 0.25) is 0 Å². The van der Waals surface area contributed by atoms with Crippen molar-refractivity contribution in [3.63, 3.8) is 0 Å². The van der Waals surface area contributed by atoms with Crippen molar-refractivity contribution in [2.45, 2.75) is 46.7 Å². The van der Waals surface area contributed by atoms with Gasteiger partial charge in [-0.1, -0.05) is 25.5 Å². The molecular formula is C23H25BrN6O. The zero-order valence-electron chi connectivity index (χ0n) is 17.9. The number of halogens is 1. The first-order valence-corrected chi connectivity index (χ1v) is 11.2. The molecule has 0 bridgehead atoms. The predicted octanol–water partition coefficient (Wildman–Crippen LogP) is 5.11. The molecule has 0 aliphatic rings. The Morgan fingerprint density at radius 2 is 1.97 bits per heavy atom. The number of rotatable bonds is 7. The first-order chi connectivity index (χ1) is 14.9. The molecule has 0 saturated heterocycles. The van der Waals surface area contributed by atoms with Crippen LogP contribution in [0.5, 0.6) is 0 Å². The van der Waals surface area contributed by atoms with Crippen LogP contribution in [0.1, 0.15) is 47.1 Å². The Hall–Kier alpha value is -3.00. The number of amides is 1. The minimum absolute atomic E-state index is 0.155. The number of nitrogens with one attached hydrogen (secondary N) is 1. The molecule has 0 spiro atoms. The zero-order valence-corrected chi connectivity index (χ0v) is 19.5. The van der Waals surface area contributed by atoms with E-state index in [0.717, 1.165) is 57.5 Å². The second-order valence-electron chi connectivity index (χ2n) is 7.68. The Morgan fingerprint density at radius 1 is 1.19 bits per heavy atom. The predicted molar refractivity (Wildman–Crippen MR) is 125 cm³/mol. The SMILES string of the molecule is CCCCn1nc(C)c2c(C(=O)Nc3ccc(Cn4cc(Br)cn4)cc3)cc(C)nc21. The third-order valence-corrected chi connectivity index (χ3v) is 5.54. The van der Waals surface area contributed by atoms with Gasteiger partial charge in [0.05, 0.1) is 33.9 Å². The Bertz CT molecular complexity index is 1230. The summed E-state index contributed by atoms with van der Waals surface area (Å²) >= 11 is 3.41. The van der Waals surface area contributed by atoms with Crippen molar-refractivity contribution in [3.8, 4) is 0 Å². The van der Waals surface area contributed by atoms with E-state index < -0.39 is 0 Å². The molecule has 7 nitrogen and oxygen atoms in total. The van der Waals surface area contributed by atoms with Crippen LogP contribution in [-0.2, 0) is 13.1 Å². The highest BCUT2D eigenvalue weighted by atomic mass is 79.9. The van der Waals surface area contributed by atoms with E-state index >= 15 is 0 Å². The van der Waals surface area contributed by atoms with Crippen LogP contribution in [0.4, 0.5) is 5.69 Å². The van der Waals surface area contributed by atoms with Crippen molar-refractivity contribution in [1.82, 2.24) is 24.5 Å². The summed E-state index contributed by atoms with van der Waals surface area (Å²) < 4.78 is 4.72. The third-order valence-electron chi connectivity index (χ3n) is 5.13. The molecule has 8 heteroatoms. The van der Waals surface area contributed by atoms with Gasteiger partial charge in [-0.3, -0.25) is 9.48 Å². The number of pyridine rings is 1. The molecule has 4 rings (SSSR count). The van der Waals surface area contributed by atoms with Crippen LogP contribution in [0.25, 0.3) is 11.0 Å². The summed E-state index contributed by atoms with van der Waals surface area (Å²) in [6.07, 6.45) is 5.79. The number of hydrogen-bond acceptors (Lipinski definition) is 4. The molecule has 1 aromatic carbocycles. The molecule has 0 saturated carbocycles. The van der Waals surface area contributed by atoms with E-state index in [-0.39, 0.29) is 5.91 Å². The highest BCUT2D eigenvalue weighted by Gasteiger charge is 2.19. The van der Waals surface area contributed by atoms with Gasteiger partial charge in [0.1, 0.15) is 0 Å². The van der Waals surface area contributed by atoms with Crippen LogP contribution >= 0.6 is 15.9 Å². The van der Waals surface area contributed by atoms with Gasteiger partial charge in [0.25, 0.3) is 5.91 Å². The van der Waals surface area contributed by atoms with Crippen molar-refractivity contribution >= 4 is 38.6 Å². The monoisotopic (exact) mass is 480 g/mol. The molecular weight excluding hydrogens is 456 g/mol. The molecule has 1 N–H and O–H groups in total. The minimum atomic E-state index is -0.155. The number of carbonyl (C=O) groups excluding carboxylic acids is 1. The summed E-state index contributed by atoms with van der Waals surface area (Å²) in [5.74, 6) is -0.155. The summed E-state index contributed by atoms with van der Waals surface area (Å²) in [6.45, 7) is 7.45. The van der Waals surface area contributed by atoms with Crippen molar-refractivity contribution in [1.29, 1.82) is 0 Å². The lowest BCUT2D eigenvalue weighted by Crippen LogP contribution is -2.13. The average Bonchev–Trinajstić information content (AvgIpc) is 3.29. The Kier molecular flexibility index (Phi) is 6.18. The van der Waals surface area contributed by atoms with Crippen molar-refractivity contribution in [2.24, 2.45) is 0 Å². The van der Waals surface area contributed by atoms with Crippen molar-refractivity contribution in [3.05, 3.63) is 69.7 Å². The largest absolute Gasteiger partial charge is 0.322 e. The Balaban J connectivity index is 1.56. The number of fused-ring (bicyclic) bond motifs is 1. The summed E-state index contributed by atoms with van der Waals surface area (Å²) in [6, 6.07) is 9.64. The van der Waals surface area contributed by atoms with Gasteiger partial charge < -0.3 is 5.32 Å². The van der Waals surface area contributed by atoms with E-state index in [0.29, 0.717) is 12.1 Å². The van der Waals surface area contributed by atoms with E-state index in [2.05, 4.69) is 43.4 Å². The van der Waals surface area contributed by atoms with Gasteiger partial charge in [0.15, 0.2) is 5.65 Å². The second kappa shape index (κ2) is 9.01. The number of unbranched alkanes of at least 4 members (excludes halogenated alkanes) is 1. The molecule has 1 amide bonds. The van der Waals surface area contributed by atoms with Crippen LogP contribution < -0.4 is 5.32 Å². The van der Waals surface area contributed by atoms with Crippen LogP contribution in [-0.4, -0.2) is 30.5 Å². The van der Waals surface area contributed by atoms with E-state index in [1.54, 1.807) is 6.20 Å². The smallest absolute Gasteiger partial charge is 0.256 e. The van der Waals surface area contributed by atoms with Gasteiger partial charge in [-0.15, -0.1) is 0 Å². The number of anilines is 1. The number of carbonyl (C=O) groups is 1. The molecule has 0 unspecified atom stereocenters. The molecule has 0 fully saturated rings. The van der Waals surface area contributed by atoms with E-state index in [4.69, 9.17) is 0 Å². The van der Waals surface area contributed by atoms with Crippen LogP contribution in [0.15, 0.2) is 47.2 Å². The number of aryl methyl sites for hydroxylation is 3. The topological polar surface area (TPSA) is 77.6 Å². The summed E-state index contributed by atoms with van der Waals surface area (Å²) in [5, 5.41) is 12.7. The van der Waals surface area contributed by atoms with Crippen LogP contribution in [0, 0.1) is 13.8 Å². The molecule has 4 aromatic rings. The number of nitrogens with zero attached hydrogens (tertiary/aromatic N) is 5. The van der Waals surface area contributed by atoms with Crippen LogP contribution in [0.3, 0.4) is 0 Å². The first kappa shape index (κ1) is 21.2. The lowest BCUT2D eigenvalue weighted by molar-refractivity contribution is 0.102. The Labute approximate surface area is 189 Å². The number of aromatic nitrogens is 5. The maximum Gasteiger partial charge on any atom is 0.256 e. The van der Waals surface area contributed by atoms with E-state index in [1.807, 2.05) is 59.7 Å². The van der Waals surface area contributed by atoms with E-state index in [9.17, 15) is 4.79 Å². The molecule has 3 heterocycles. The molecule has 0 atom stereocenters. The third kappa shape index (κ3) is 4.69. The first-order valence-electron chi connectivity index (χ1n) is 10.4. The maximum atomic E-state index is 13.1. The van der Waals surface area contributed by atoms with E-state index in [1.165, 1.54) is 0 Å². The maximum absolute atomic E-state index is 13.1. The average molecular weight is 481 g/mol. The minimum Gasteiger partial charge on any atom is -0.322 e. The highest BCUT2D eigenvalue weighted by molar-refractivity contribution is 9.10. The van der Waals surface area contributed by atoms with Crippen molar-refractivity contribution < 1.29 is 4.79 Å². The standard InChI is InChI=1S/C23H25BrN6O/c1-4-5-10-30-22-21(16(3)28-30)20(11-15(2)26-22)23(31)27-19-8-6-17(7-9-19)13-29-14-18(24)12-25-29/h6-9,11-12,14H,4-5,10,13H2,1-3H3,(H,27,31). The van der Waals surface area contributed by atoms with Gasteiger partial charge in [0.2, 0.25) is 0 Å². The highest BCUT2D eigenvalue weighted by Crippen LogP contribution is 2.24. The number of benzene rings is 1. The molecule has 3 aromatic heterocycles. The molecule has 31 heavy (non-hydrogen) atoms. The lowest BCUT2D eigenvalue weighted by Gasteiger charge is -2.09. The summed E-state index contributed by atoms with van der Waals surface area (Å²) in [5.41, 5.74) is 4.85. The van der Waals surface area contributed by atoms with Gasteiger partial charge in [0, 0.05) is 24.1 Å². The second-order valence-corrected chi connectivity index (χ2v) is 8.59. The summed E-state index contributed by atoms with van der Waals surface area (Å²) in [4.78, 5) is 17.8. The fourth-order valence-electron chi connectivity index (χ4n) is 3.63. The van der Waals surface area contributed by atoms with Crippen molar-refractivity contribution in [2.75, 3.05) is 5.32 Å². The fraction of sp³-hybridized carbons (Fsp3) is 0.304. The van der Waals surface area contributed by atoms with Gasteiger partial charge in [-0.2, -0.15) is 10.2 Å². The normalized spacial score (nSPS) is 11.2. The molecule has 160 valence electrons. The summed E-state index contributed by atoms with van der Waals surface area (Å²) in [7, 11) is 0. The quantitative estimate of drug-likeness (QED) is 0.398. The zero-order chi connectivity index (χ0) is 22.0.